The number of aryl methyl sites for hydroxylation is 1. The Bertz CT molecular complexity index is 674. The summed E-state index contributed by atoms with van der Waals surface area (Å²) in [5, 5.41) is 11.9. The van der Waals surface area contributed by atoms with Crippen molar-refractivity contribution in [3.8, 4) is 0 Å². The van der Waals surface area contributed by atoms with Crippen molar-refractivity contribution < 1.29 is 19.5 Å². The molecule has 1 aromatic carbocycles. The first-order chi connectivity index (χ1) is 12.3. The van der Waals surface area contributed by atoms with Crippen LogP contribution in [0.25, 0.3) is 0 Å². The fourth-order valence-corrected chi connectivity index (χ4v) is 3.36. The Kier molecular flexibility index (Phi) is 6.77. The van der Waals surface area contributed by atoms with Crippen molar-refractivity contribution in [2.75, 3.05) is 0 Å². The van der Waals surface area contributed by atoms with Crippen molar-refractivity contribution in [3.63, 3.8) is 0 Å². The topological polar surface area (TPSA) is 86.7 Å². The van der Waals surface area contributed by atoms with Crippen molar-refractivity contribution in [1.82, 2.24) is 10.2 Å². The van der Waals surface area contributed by atoms with E-state index in [1.54, 1.807) is 4.90 Å². The summed E-state index contributed by atoms with van der Waals surface area (Å²) in [5.74, 6) is -1.44. The molecule has 142 valence electrons. The largest absolute Gasteiger partial charge is 0.480 e. The molecular weight excluding hydrogens is 332 g/mol. The predicted molar refractivity (Wildman–Crippen MR) is 98.4 cm³/mol. The Morgan fingerprint density at radius 1 is 1.38 bits per heavy atom. The highest BCUT2D eigenvalue weighted by Crippen LogP contribution is 2.24. The summed E-state index contributed by atoms with van der Waals surface area (Å²) >= 11 is 0. The summed E-state index contributed by atoms with van der Waals surface area (Å²) in [6, 6.07) is 6.88. The first-order valence-corrected chi connectivity index (χ1v) is 9.19. The highest BCUT2D eigenvalue weighted by atomic mass is 16.4. The zero-order valence-corrected chi connectivity index (χ0v) is 15.7. The predicted octanol–water partition coefficient (Wildman–Crippen LogP) is 2.49. The average Bonchev–Trinajstić information content (AvgIpc) is 2.92. The van der Waals surface area contributed by atoms with Gasteiger partial charge in [0.2, 0.25) is 11.8 Å². The van der Waals surface area contributed by atoms with Gasteiger partial charge in [-0.3, -0.25) is 9.59 Å². The van der Waals surface area contributed by atoms with Crippen LogP contribution in [0.1, 0.15) is 50.7 Å². The quantitative estimate of drug-likeness (QED) is 0.746. The molecule has 2 N–H and O–H groups in total. The molecule has 1 fully saturated rings. The Morgan fingerprint density at radius 3 is 2.73 bits per heavy atom. The number of carboxylic acid groups (broad SMARTS) is 1. The first kappa shape index (κ1) is 19.9. The number of hydrogen-bond donors (Lipinski definition) is 2. The van der Waals surface area contributed by atoms with Crippen LogP contribution in [0.2, 0.25) is 0 Å². The molecule has 1 aliphatic rings. The lowest BCUT2D eigenvalue weighted by molar-refractivity contribution is -0.143. The highest BCUT2D eigenvalue weighted by Gasteiger charge is 2.34. The third-order valence-electron chi connectivity index (χ3n) is 5.10. The van der Waals surface area contributed by atoms with Crippen LogP contribution in [0.3, 0.4) is 0 Å². The molecule has 1 aromatic rings. The smallest absolute Gasteiger partial charge is 0.326 e. The van der Waals surface area contributed by atoms with Crippen LogP contribution < -0.4 is 5.32 Å². The van der Waals surface area contributed by atoms with Gasteiger partial charge in [0.05, 0.1) is 0 Å². The molecule has 1 aliphatic heterocycles. The molecule has 1 heterocycles. The van der Waals surface area contributed by atoms with Crippen molar-refractivity contribution in [1.29, 1.82) is 0 Å². The lowest BCUT2D eigenvalue weighted by Crippen LogP contribution is -2.46. The van der Waals surface area contributed by atoms with Crippen LogP contribution in [0.4, 0.5) is 0 Å². The number of benzene rings is 1. The highest BCUT2D eigenvalue weighted by molar-refractivity contribution is 5.85. The van der Waals surface area contributed by atoms with Gasteiger partial charge in [-0.15, -0.1) is 0 Å². The zero-order valence-electron chi connectivity index (χ0n) is 15.7. The number of carbonyl (C=O) groups excluding carboxylic acids is 2. The normalized spacial score (nSPS) is 19.3. The van der Waals surface area contributed by atoms with Crippen LogP contribution in [0.5, 0.6) is 0 Å². The second-order valence-corrected chi connectivity index (χ2v) is 7.18. The number of carboxylic acids is 1. The number of rotatable bonds is 8. The number of amides is 2. The minimum Gasteiger partial charge on any atom is -0.480 e. The Hall–Kier alpha value is -2.37. The molecule has 26 heavy (non-hydrogen) atoms. The van der Waals surface area contributed by atoms with Gasteiger partial charge in [-0.2, -0.15) is 0 Å². The SMILES string of the molecule is CC[C@H](C)[C@H](NC(=O)C[C@@H]1CCC(=O)N1Cc1cccc(C)c1)C(=O)O. The number of nitrogens with zero attached hydrogens (tertiary/aromatic N) is 1. The van der Waals surface area contributed by atoms with E-state index in [-0.39, 0.29) is 30.2 Å². The fourth-order valence-electron chi connectivity index (χ4n) is 3.36. The Morgan fingerprint density at radius 2 is 2.12 bits per heavy atom. The van der Waals surface area contributed by atoms with Crippen LogP contribution in [0.15, 0.2) is 24.3 Å². The molecule has 0 radical (unpaired) electrons. The third-order valence-corrected chi connectivity index (χ3v) is 5.10. The summed E-state index contributed by atoms with van der Waals surface area (Å²) in [6.45, 7) is 6.18. The van der Waals surface area contributed by atoms with E-state index in [9.17, 15) is 19.5 Å². The van der Waals surface area contributed by atoms with E-state index in [4.69, 9.17) is 0 Å². The van der Waals surface area contributed by atoms with Crippen LogP contribution >= 0.6 is 0 Å². The molecule has 0 aromatic heterocycles. The van der Waals surface area contributed by atoms with Gasteiger partial charge >= 0.3 is 5.97 Å². The maximum Gasteiger partial charge on any atom is 0.326 e. The van der Waals surface area contributed by atoms with Crippen LogP contribution in [-0.4, -0.2) is 39.9 Å². The van der Waals surface area contributed by atoms with Gasteiger partial charge in [0.1, 0.15) is 6.04 Å². The molecule has 0 unspecified atom stereocenters. The summed E-state index contributed by atoms with van der Waals surface area (Å²) < 4.78 is 0. The second kappa shape index (κ2) is 8.83. The van der Waals surface area contributed by atoms with Gasteiger partial charge in [0.15, 0.2) is 0 Å². The molecule has 6 nitrogen and oxygen atoms in total. The van der Waals surface area contributed by atoms with Crippen molar-refractivity contribution in [2.24, 2.45) is 5.92 Å². The van der Waals surface area contributed by atoms with Gasteiger partial charge in [-0.05, 0) is 24.8 Å². The molecule has 0 saturated carbocycles. The van der Waals surface area contributed by atoms with E-state index in [1.165, 1.54) is 0 Å². The van der Waals surface area contributed by atoms with Gasteiger partial charge < -0.3 is 15.3 Å². The number of aliphatic carboxylic acids is 1. The third kappa shape index (κ3) is 5.07. The van der Waals surface area contributed by atoms with Crippen molar-refractivity contribution in [3.05, 3.63) is 35.4 Å². The monoisotopic (exact) mass is 360 g/mol. The molecule has 0 spiro atoms. The zero-order chi connectivity index (χ0) is 19.3. The maximum absolute atomic E-state index is 12.4. The maximum atomic E-state index is 12.4. The number of carbonyl (C=O) groups is 3. The molecule has 0 bridgehead atoms. The average molecular weight is 360 g/mol. The summed E-state index contributed by atoms with van der Waals surface area (Å²) in [7, 11) is 0. The van der Waals surface area contributed by atoms with E-state index in [0.717, 1.165) is 11.1 Å². The molecular formula is C20H28N2O4. The van der Waals surface area contributed by atoms with Gasteiger partial charge in [-0.1, -0.05) is 50.1 Å². The van der Waals surface area contributed by atoms with Crippen molar-refractivity contribution >= 4 is 17.8 Å². The van der Waals surface area contributed by atoms with Crippen LogP contribution in [0, 0.1) is 12.8 Å². The fraction of sp³-hybridized carbons (Fsp3) is 0.550. The van der Waals surface area contributed by atoms with E-state index < -0.39 is 12.0 Å². The van der Waals surface area contributed by atoms with E-state index >= 15 is 0 Å². The molecule has 2 rings (SSSR count). The minimum atomic E-state index is -1.02. The van der Waals surface area contributed by atoms with Crippen molar-refractivity contribution in [2.45, 2.75) is 65.1 Å². The molecule has 3 atom stereocenters. The lowest BCUT2D eigenvalue weighted by atomic mass is 9.99. The number of nitrogens with one attached hydrogen (secondary N) is 1. The van der Waals surface area contributed by atoms with E-state index in [1.807, 2.05) is 45.0 Å². The van der Waals surface area contributed by atoms with E-state index in [2.05, 4.69) is 5.32 Å². The molecule has 6 heteroatoms. The summed E-state index contributed by atoms with van der Waals surface area (Å²) in [4.78, 5) is 37.7. The standard InChI is InChI=1S/C20H28N2O4/c1-4-14(3)19(20(25)26)21-17(23)11-16-8-9-18(24)22(16)12-15-7-5-6-13(2)10-15/h5-7,10,14,16,19H,4,8-9,11-12H2,1-3H3,(H,21,23)(H,25,26)/t14-,16-,19-/m0/s1. The second-order valence-electron chi connectivity index (χ2n) is 7.18. The first-order valence-electron chi connectivity index (χ1n) is 9.19. The summed E-state index contributed by atoms with van der Waals surface area (Å²) in [6.07, 6.45) is 1.85. The Labute approximate surface area is 154 Å². The van der Waals surface area contributed by atoms with Gasteiger partial charge in [0.25, 0.3) is 0 Å². The Balaban J connectivity index is 2.01. The molecule has 1 saturated heterocycles. The lowest BCUT2D eigenvalue weighted by Gasteiger charge is -2.26. The van der Waals surface area contributed by atoms with Crippen LogP contribution in [-0.2, 0) is 20.9 Å². The van der Waals surface area contributed by atoms with E-state index in [0.29, 0.717) is 25.8 Å². The molecule has 2 amide bonds. The molecule has 0 aliphatic carbocycles. The summed E-state index contributed by atoms with van der Waals surface area (Å²) in [5.41, 5.74) is 2.16. The minimum absolute atomic E-state index is 0.0426. The number of likely N-dealkylation sites (tertiary alicyclic amines) is 1. The number of hydrogen-bond acceptors (Lipinski definition) is 3. The van der Waals surface area contributed by atoms with Gasteiger partial charge in [-0.25, -0.2) is 4.79 Å². The van der Waals surface area contributed by atoms with Gasteiger partial charge in [0, 0.05) is 25.4 Å².